The molecular formula is C15H20N4O5S. The molecule has 136 valence electrons. The van der Waals surface area contributed by atoms with Gasteiger partial charge in [0, 0.05) is 6.20 Å². The van der Waals surface area contributed by atoms with Crippen molar-refractivity contribution in [1.29, 1.82) is 0 Å². The average molecular weight is 368 g/mol. The van der Waals surface area contributed by atoms with Crippen molar-refractivity contribution < 1.29 is 22.7 Å². The van der Waals surface area contributed by atoms with E-state index in [1.54, 1.807) is 12.1 Å². The molecule has 1 aliphatic rings. The topological polar surface area (TPSA) is 122 Å². The molecular weight excluding hydrogens is 348 g/mol. The van der Waals surface area contributed by atoms with Crippen molar-refractivity contribution in [3.63, 3.8) is 0 Å². The quantitative estimate of drug-likeness (QED) is 0.751. The molecule has 0 aromatic heterocycles. The summed E-state index contributed by atoms with van der Waals surface area (Å²) in [6, 6.07) is 6.35. The van der Waals surface area contributed by atoms with Gasteiger partial charge in [0.15, 0.2) is 0 Å². The number of hydrogen-bond acceptors (Lipinski definition) is 6. The van der Waals surface area contributed by atoms with E-state index in [-0.39, 0.29) is 18.1 Å². The van der Waals surface area contributed by atoms with E-state index in [1.807, 2.05) is 6.92 Å². The van der Waals surface area contributed by atoms with Crippen LogP contribution in [0, 0.1) is 6.92 Å². The number of ether oxygens (including phenoxy) is 1. The number of sulfonamides is 1. The lowest BCUT2D eigenvalue weighted by Crippen LogP contribution is -2.55. The number of carbonyl (C=O) groups is 2. The number of amides is 2. The molecule has 0 saturated heterocycles. The minimum atomic E-state index is -3.82. The van der Waals surface area contributed by atoms with Gasteiger partial charge < -0.3 is 10.5 Å². The maximum atomic E-state index is 12.5. The summed E-state index contributed by atoms with van der Waals surface area (Å²) >= 11 is 0. The Bertz CT molecular complexity index is 776. The van der Waals surface area contributed by atoms with Crippen LogP contribution in [0.3, 0.4) is 0 Å². The molecule has 0 spiro atoms. The monoisotopic (exact) mass is 368 g/mol. The van der Waals surface area contributed by atoms with Gasteiger partial charge in [0.2, 0.25) is 15.9 Å². The van der Waals surface area contributed by atoms with Crippen LogP contribution in [-0.2, 0) is 19.6 Å². The first kappa shape index (κ1) is 18.9. The Kier molecular flexibility index (Phi) is 5.77. The second-order valence-corrected chi connectivity index (χ2v) is 7.23. The zero-order valence-electron chi connectivity index (χ0n) is 13.9. The third-order valence-corrected chi connectivity index (χ3v) is 5.00. The Morgan fingerprint density at radius 1 is 1.32 bits per heavy atom. The van der Waals surface area contributed by atoms with Crippen LogP contribution in [0.2, 0.25) is 0 Å². The number of nitrogens with zero attached hydrogens (tertiary/aromatic N) is 2. The van der Waals surface area contributed by atoms with E-state index in [2.05, 4.69) is 9.46 Å². The summed E-state index contributed by atoms with van der Waals surface area (Å²) in [6.07, 6.45) is 1.37. The second kappa shape index (κ2) is 7.64. The van der Waals surface area contributed by atoms with Gasteiger partial charge in [-0.15, -0.1) is 0 Å². The fourth-order valence-corrected chi connectivity index (χ4v) is 3.46. The van der Waals surface area contributed by atoms with Crippen LogP contribution in [0.5, 0.6) is 0 Å². The highest BCUT2D eigenvalue weighted by Gasteiger charge is 2.30. The van der Waals surface area contributed by atoms with Gasteiger partial charge in [0.05, 0.1) is 31.4 Å². The number of rotatable bonds is 5. The van der Waals surface area contributed by atoms with Crippen molar-refractivity contribution in [2.75, 3.05) is 20.3 Å². The lowest BCUT2D eigenvalue weighted by atomic mass is 10.2. The maximum absolute atomic E-state index is 12.5. The van der Waals surface area contributed by atoms with Crippen LogP contribution in [0.15, 0.2) is 41.4 Å². The van der Waals surface area contributed by atoms with E-state index in [4.69, 9.17) is 5.73 Å². The van der Waals surface area contributed by atoms with E-state index in [0.717, 1.165) is 5.56 Å². The summed E-state index contributed by atoms with van der Waals surface area (Å²) < 4.78 is 32.1. The van der Waals surface area contributed by atoms with Gasteiger partial charge in [0.25, 0.3) is 0 Å². The molecule has 10 heteroatoms. The second-order valence-electron chi connectivity index (χ2n) is 5.52. The summed E-state index contributed by atoms with van der Waals surface area (Å²) in [7, 11) is -2.60. The molecule has 1 aromatic rings. The SMILES string of the molecule is COC(=O)N1C=CC(NS(=O)(=O)c2ccc(C)cc2)N(CC(N)=O)C1. The molecule has 1 atom stereocenters. The summed E-state index contributed by atoms with van der Waals surface area (Å²) in [5.74, 6) is -0.653. The maximum Gasteiger partial charge on any atom is 0.414 e. The van der Waals surface area contributed by atoms with Gasteiger partial charge >= 0.3 is 6.09 Å². The van der Waals surface area contributed by atoms with Crippen molar-refractivity contribution >= 4 is 22.0 Å². The normalized spacial score (nSPS) is 18.2. The molecule has 0 aliphatic carbocycles. The van der Waals surface area contributed by atoms with Crippen LogP contribution in [0.25, 0.3) is 0 Å². The number of nitrogens with one attached hydrogen (secondary N) is 1. The van der Waals surface area contributed by atoms with Crippen molar-refractivity contribution in [3.8, 4) is 0 Å². The zero-order chi connectivity index (χ0) is 18.6. The molecule has 0 radical (unpaired) electrons. The summed E-state index contributed by atoms with van der Waals surface area (Å²) in [4.78, 5) is 25.6. The Morgan fingerprint density at radius 3 is 2.52 bits per heavy atom. The molecule has 2 rings (SSSR count). The Morgan fingerprint density at radius 2 is 1.96 bits per heavy atom. The zero-order valence-corrected chi connectivity index (χ0v) is 14.7. The van der Waals surface area contributed by atoms with E-state index < -0.39 is 28.2 Å². The lowest BCUT2D eigenvalue weighted by Gasteiger charge is -2.35. The van der Waals surface area contributed by atoms with Gasteiger partial charge in [-0.2, -0.15) is 4.72 Å². The molecule has 9 nitrogen and oxygen atoms in total. The highest BCUT2D eigenvalue weighted by Crippen LogP contribution is 2.15. The fraction of sp³-hybridized carbons (Fsp3) is 0.333. The predicted molar refractivity (Wildman–Crippen MR) is 89.4 cm³/mol. The van der Waals surface area contributed by atoms with Crippen LogP contribution in [0.4, 0.5) is 4.79 Å². The molecule has 0 saturated carbocycles. The summed E-state index contributed by atoms with van der Waals surface area (Å²) in [6.45, 7) is 1.57. The van der Waals surface area contributed by atoms with E-state index in [1.165, 1.54) is 41.3 Å². The number of aryl methyl sites for hydroxylation is 1. The molecule has 1 unspecified atom stereocenters. The summed E-state index contributed by atoms with van der Waals surface area (Å²) in [5.41, 5.74) is 6.15. The molecule has 1 aliphatic heterocycles. The number of carbonyl (C=O) groups excluding carboxylic acids is 2. The first-order valence-corrected chi connectivity index (χ1v) is 8.85. The highest BCUT2D eigenvalue weighted by atomic mass is 32.2. The molecule has 0 fully saturated rings. The minimum Gasteiger partial charge on any atom is -0.452 e. The standard InChI is InChI=1S/C15H20N4O5S/c1-11-3-5-12(6-4-11)25(22,23)17-14-7-8-18(15(21)24-2)10-19(14)9-13(16)20/h3-8,14,17H,9-10H2,1-2H3,(H2,16,20). The fourth-order valence-electron chi connectivity index (χ4n) is 2.28. The number of methoxy groups -OCH3 is 1. The Balaban J connectivity index is 2.23. The third-order valence-electron chi connectivity index (χ3n) is 3.55. The number of benzene rings is 1. The van der Waals surface area contributed by atoms with E-state index in [9.17, 15) is 18.0 Å². The summed E-state index contributed by atoms with van der Waals surface area (Å²) in [5, 5.41) is 0. The van der Waals surface area contributed by atoms with Crippen molar-refractivity contribution in [1.82, 2.24) is 14.5 Å². The van der Waals surface area contributed by atoms with Gasteiger partial charge in [0.1, 0.15) is 0 Å². The molecule has 25 heavy (non-hydrogen) atoms. The Labute approximate surface area is 146 Å². The molecule has 1 heterocycles. The van der Waals surface area contributed by atoms with E-state index in [0.29, 0.717) is 0 Å². The molecule has 1 aromatic carbocycles. The number of hydrogen-bond donors (Lipinski definition) is 2. The van der Waals surface area contributed by atoms with Gasteiger partial charge in [-0.05, 0) is 25.1 Å². The van der Waals surface area contributed by atoms with Gasteiger partial charge in [-0.3, -0.25) is 14.6 Å². The predicted octanol–water partition coefficient (Wildman–Crippen LogP) is -0.0601. The number of primary amides is 1. The van der Waals surface area contributed by atoms with Gasteiger partial charge in [-0.1, -0.05) is 17.7 Å². The van der Waals surface area contributed by atoms with Crippen LogP contribution >= 0.6 is 0 Å². The average Bonchev–Trinajstić information content (AvgIpc) is 2.55. The highest BCUT2D eigenvalue weighted by molar-refractivity contribution is 7.89. The number of nitrogens with two attached hydrogens (primary N) is 1. The first-order chi connectivity index (χ1) is 11.7. The van der Waals surface area contributed by atoms with Crippen LogP contribution in [-0.4, -0.2) is 56.7 Å². The molecule has 2 amide bonds. The molecule has 3 N–H and O–H groups in total. The van der Waals surface area contributed by atoms with Crippen molar-refractivity contribution in [3.05, 3.63) is 42.1 Å². The molecule has 0 bridgehead atoms. The smallest absolute Gasteiger partial charge is 0.414 e. The van der Waals surface area contributed by atoms with Gasteiger partial charge in [-0.25, -0.2) is 13.2 Å². The Hall–Kier alpha value is -2.43. The third kappa shape index (κ3) is 4.78. The van der Waals surface area contributed by atoms with Crippen LogP contribution in [0.1, 0.15) is 5.56 Å². The van der Waals surface area contributed by atoms with Crippen molar-refractivity contribution in [2.45, 2.75) is 18.0 Å². The minimum absolute atomic E-state index is 0.0484. The van der Waals surface area contributed by atoms with Crippen LogP contribution < -0.4 is 10.5 Å². The van der Waals surface area contributed by atoms with Crippen molar-refractivity contribution in [2.24, 2.45) is 5.73 Å². The lowest BCUT2D eigenvalue weighted by molar-refractivity contribution is -0.120. The first-order valence-electron chi connectivity index (χ1n) is 7.37. The largest absolute Gasteiger partial charge is 0.452 e. The van der Waals surface area contributed by atoms with E-state index >= 15 is 0 Å².